The molecule has 0 aromatic heterocycles. The van der Waals surface area contributed by atoms with Crippen LogP contribution in [0.25, 0.3) is 0 Å². The molecule has 8 heteroatoms. The normalized spacial score (nSPS) is 13.8. The van der Waals surface area contributed by atoms with Crippen LogP contribution in [0.3, 0.4) is 0 Å². The van der Waals surface area contributed by atoms with E-state index in [9.17, 15) is 19.2 Å². The second kappa shape index (κ2) is 7.27. The van der Waals surface area contributed by atoms with Gasteiger partial charge in [0, 0.05) is 38.2 Å². The van der Waals surface area contributed by atoms with Gasteiger partial charge in [0.2, 0.25) is 11.8 Å². The summed E-state index contributed by atoms with van der Waals surface area (Å²) in [4.78, 5) is 45.9. The number of amides is 4. The van der Waals surface area contributed by atoms with Gasteiger partial charge in [-0.15, -0.1) is 0 Å². The molecule has 4 amide bonds. The third kappa shape index (κ3) is 4.88. The van der Waals surface area contributed by atoms with Gasteiger partial charge >= 0.3 is 0 Å². The van der Waals surface area contributed by atoms with Gasteiger partial charge in [-0.2, -0.15) is 0 Å². The van der Waals surface area contributed by atoms with E-state index in [1.165, 1.54) is 0 Å². The first-order valence-electron chi connectivity index (χ1n) is 5.81. The molecule has 0 saturated heterocycles. The minimum Gasteiger partial charge on any atom is -0.353 e. The van der Waals surface area contributed by atoms with Crippen molar-refractivity contribution in [1.29, 1.82) is 0 Å². The smallest absolute Gasteiger partial charge is 0.253 e. The highest BCUT2D eigenvalue weighted by Crippen LogP contribution is 2.03. The van der Waals surface area contributed by atoms with E-state index < -0.39 is 17.7 Å². The van der Waals surface area contributed by atoms with Crippen LogP contribution >= 0.6 is 0 Å². The lowest BCUT2D eigenvalue weighted by Crippen LogP contribution is -2.40. The highest BCUT2D eigenvalue weighted by molar-refractivity contribution is 6.13. The van der Waals surface area contributed by atoms with Crippen LogP contribution in [-0.4, -0.2) is 54.7 Å². The summed E-state index contributed by atoms with van der Waals surface area (Å²) < 4.78 is 0. The molecular formula is C11H16N4O4. The number of nitrogens with zero attached hydrogens (tertiary/aromatic N) is 1. The maximum atomic E-state index is 11.4. The quantitative estimate of drug-likeness (QED) is 0.440. The highest BCUT2D eigenvalue weighted by Gasteiger charge is 2.23. The van der Waals surface area contributed by atoms with E-state index in [0.717, 1.165) is 17.1 Å². The van der Waals surface area contributed by atoms with Gasteiger partial charge in [-0.25, -0.2) is 0 Å². The topological polar surface area (TPSA) is 122 Å². The lowest BCUT2D eigenvalue weighted by molar-refractivity contribution is -0.137. The first kappa shape index (κ1) is 14.8. The minimum atomic E-state index is -0.432. The highest BCUT2D eigenvalue weighted by atomic mass is 16.2. The van der Waals surface area contributed by atoms with Crippen molar-refractivity contribution in [2.75, 3.05) is 26.2 Å². The van der Waals surface area contributed by atoms with Gasteiger partial charge in [0.1, 0.15) is 0 Å². The molecule has 1 aliphatic rings. The Morgan fingerprint density at radius 2 is 1.74 bits per heavy atom. The Morgan fingerprint density at radius 3 is 2.32 bits per heavy atom. The molecule has 0 unspecified atom stereocenters. The maximum absolute atomic E-state index is 11.4. The van der Waals surface area contributed by atoms with Crippen LogP contribution in [0.1, 0.15) is 6.42 Å². The van der Waals surface area contributed by atoms with E-state index in [1.54, 1.807) is 0 Å². The summed E-state index contributed by atoms with van der Waals surface area (Å²) in [6, 6.07) is 0. The van der Waals surface area contributed by atoms with Crippen molar-refractivity contribution >= 4 is 23.6 Å². The molecule has 0 fully saturated rings. The summed E-state index contributed by atoms with van der Waals surface area (Å²) in [7, 11) is 0. The number of carbonyl (C=O) groups excluding carboxylic acids is 4. The van der Waals surface area contributed by atoms with Crippen LogP contribution < -0.4 is 16.4 Å². The third-order valence-electron chi connectivity index (χ3n) is 2.38. The molecule has 1 rings (SSSR count). The van der Waals surface area contributed by atoms with E-state index in [1.807, 2.05) is 0 Å². The zero-order chi connectivity index (χ0) is 14.3. The summed E-state index contributed by atoms with van der Waals surface area (Å²) in [6.07, 6.45) is 2.27. The molecule has 19 heavy (non-hydrogen) atoms. The average molecular weight is 268 g/mol. The van der Waals surface area contributed by atoms with Gasteiger partial charge in [-0.05, 0) is 0 Å². The molecule has 1 heterocycles. The molecular weight excluding hydrogens is 252 g/mol. The summed E-state index contributed by atoms with van der Waals surface area (Å²) in [5, 5.41) is 4.88. The lowest BCUT2D eigenvalue weighted by Gasteiger charge is -2.13. The van der Waals surface area contributed by atoms with Crippen molar-refractivity contribution in [2.45, 2.75) is 6.42 Å². The van der Waals surface area contributed by atoms with Gasteiger partial charge in [0.15, 0.2) is 0 Å². The van der Waals surface area contributed by atoms with Crippen LogP contribution in [0, 0.1) is 0 Å². The van der Waals surface area contributed by atoms with Crippen molar-refractivity contribution in [1.82, 2.24) is 15.5 Å². The van der Waals surface area contributed by atoms with Gasteiger partial charge in [0.25, 0.3) is 11.8 Å². The molecule has 0 spiro atoms. The van der Waals surface area contributed by atoms with Crippen LogP contribution in [0.5, 0.6) is 0 Å². The predicted octanol–water partition coefficient (Wildman–Crippen LogP) is -2.51. The molecule has 0 radical (unpaired) electrons. The Hall–Kier alpha value is -2.22. The van der Waals surface area contributed by atoms with Crippen molar-refractivity contribution < 1.29 is 19.2 Å². The second-order valence-corrected chi connectivity index (χ2v) is 3.83. The van der Waals surface area contributed by atoms with Crippen molar-refractivity contribution in [3.8, 4) is 0 Å². The summed E-state index contributed by atoms with van der Waals surface area (Å²) in [5.74, 6) is -1.61. The van der Waals surface area contributed by atoms with Gasteiger partial charge in [-0.1, -0.05) is 0 Å². The number of rotatable bonds is 7. The van der Waals surface area contributed by atoms with Crippen molar-refractivity contribution in [3.05, 3.63) is 12.2 Å². The maximum Gasteiger partial charge on any atom is 0.253 e. The van der Waals surface area contributed by atoms with Gasteiger partial charge in [0.05, 0.1) is 6.54 Å². The zero-order valence-electron chi connectivity index (χ0n) is 10.3. The largest absolute Gasteiger partial charge is 0.353 e. The number of nitrogens with one attached hydrogen (secondary N) is 2. The third-order valence-corrected chi connectivity index (χ3v) is 2.38. The Morgan fingerprint density at radius 1 is 1.11 bits per heavy atom. The van der Waals surface area contributed by atoms with Crippen molar-refractivity contribution in [2.24, 2.45) is 5.73 Å². The fraction of sp³-hybridized carbons (Fsp3) is 0.455. The fourth-order valence-electron chi connectivity index (χ4n) is 1.41. The Balaban J connectivity index is 2.20. The standard InChI is InChI=1S/C11H16N4O4/c12-4-5-13-9(17)7-14-8(16)3-6-15-10(18)1-2-11(15)19/h1-2H,3-7,12H2,(H,13,17)(H,14,16). The number of imide groups is 1. The SMILES string of the molecule is NCCNC(=O)CNC(=O)CCN1C(=O)C=CC1=O. The first-order valence-corrected chi connectivity index (χ1v) is 5.81. The summed E-state index contributed by atoms with van der Waals surface area (Å²) in [6.45, 7) is 0.517. The molecule has 104 valence electrons. The monoisotopic (exact) mass is 268 g/mol. The molecule has 0 bridgehead atoms. The summed E-state index contributed by atoms with van der Waals surface area (Å²) in [5.41, 5.74) is 5.20. The Kier molecular flexibility index (Phi) is 5.68. The Bertz CT molecular complexity index is 401. The van der Waals surface area contributed by atoms with Crippen LogP contribution in [0.2, 0.25) is 0 Å². The minimum absolute atomic E-state index is 0.000912. The van der Waals surface area contributed by atoms with E-state index in [2.05, 4.69) is 10.6 Å². The zero-order valence-corrected chi connectivity index (χ0v) is 10.3. The number of carbonyl (C=O) groups is 4. The molecule has 0 aromatic carbocycles. The Labute approximate surface area is 110 Å². The average Bonchev–Trinajstić information content (AvgIpc) is 2.71. The first-order chi connectivity index (χ1) is 9.04. The van der Waals surface area contributed by atoms with E-state index in [0.29, 0.717) is 13.1 Å². The second-order valence-electron chi connectivity index (χ2n) is 3.83. The lowest BCUT2D eigenvalue weighted by atomic mass is 10.3. The molecule has 0 atom stereocenters. The summed E-state index contributed by atoms with van der Waals surface area (Å²) >= 11 is 0. The van der Waals surface area contributed by atoms with E-state index >= 15 is 0 Å². The fourth-order valence-corrected chi connectivity index (χ4v) is 1.41. The predicted molar refractivity (Wildman–Crippen MR) is 65.6 cm³/mol. The van der Waals surface area contributed by atoms with Crippen molar-refractivity contribution in [3.63, 3.8) is 0 Å². The number of hydrogen-bond acceptors (Lipinski definition) is 5. The molecule has 0 aliphatic carbocycles. The van der Waals surface area contributed by atoms with E-state index in [4.69, 9.17) is 5.73 Å². The van der Waals surface area contributed by atoms with E-state index in [-0.39, 0.29) is 25.4 Å². The number of nitrogens with two attached hydrogens (primary N) is 1. The molecule has 0 saturated carbocycles. The van der Waals surface area contributed by atoms with Crippen LogP contribution in [0.15, 0.2) is 12.2 Å². The van der Waals surface area contributed by atoms with Crippen LogP contribution in [0.4, 0.5) is 0 Å². The number of hydrogen-bond donors (Lipinski definition) is 3. The van der Waals surface area contributed by atoms with Gasteiger partial charge < -0.3 is 16.4 Å². The molecule has 4 N–H and O–H groups in total. The molecule has 0 aromatic rings. The van der Waals surface area contributed by atoms with Gasteiger partial charge in [-0.3, -0.25) is 24.1 Å². The molecule has 1 aliphatic heterocycles. The van der Waals surface area contributed by atoms with Crippen LogP contribution in [-0.2, 0) is 19.2 Å². The molecule has 8 nitrogen and oxygen atoms in total.